The first-order chi connectivity index (χ1) is 15.5. The molecule has 2 aromatic rings. The van der Waals surface area contributed by atoms with Crippen LogP contribution in [-0.4, -0.2) is 42.5 Å². The fourth-order valence-electron chi connectivity index (χ4n) is 4.23. The molecule has 0 saturated carbocycles. The van der Waals surface area contributed by atoms with Crippen LogP contribution in [0.25, 0.3) is 6.08 Å². The highest BCUT2D eigenvalue weighted by Gasteiger charge is 2.27. The van der Waals surface area contributed by atoms with Crippen LogP contribution in [0.4, 0.5) is 0 Å². The van der Waals surface area contributed by atoms with Gasteiger partial charge in [-0.05, 0) is 57.0 Å². The summed E-state index contributed by atoms with van der Waals surface area (Å²) in [6.45, 7) is 6.05. The molecule has 1 atom stereocenters. The topological polar surface area (TPSA) is 81.0 Å². The Bertz CT molecular complexity index is 974. The van der Waals surface area contributed by atoms with Crippen LogP contribution in [0, 0.1) is 5.92 Å². The van der Waals surface area contributed by atoms with Crippen molar-refractivity contribution in [3.05, 3.63) is 53.5 Å². The number of carbonyl (C=O) groups excluding carboxylic acids is 2. The average Bonchev–Trinajstić information content (AvgIpc) is 3.44. The minimum Gasteiger partial charge on any atom is -0.493 e. The number of likely N-dealkylation sites (tertiary alicyclic amines) is 1. The van der Waals surface area contributed by atoms with E-state index in [9.17, 15) is 9.59 Å². The molecule has 1 fully saturated rings. The second-order valence-electron chi connectivity index (χ2n) is 8.29. The lowest BCUT2D eigenvalue weighted by Gasteiger charge is -2.30. The smallest absolute Gasteiger partial charge is 0.246 e. The SMILES string of the molecule is CCOc1cc2c(cc1/C=C/C(=O)N1CCC(C(=O)NCc3ccco3)CC1)OC(C)C2. The first-order valence-electron chi connectivity index (χ1n) is 11.3. The molecule has 1 aromatic carbocycles. The highest BCUT2D eigenvalue weighted by Crippen LogP contribution is 2.35. The van der Waals surface area contributed by atoms with Crippen molar-refractivity contribution in [1.29, 1.82) is 0 Å². The molecule has 3 heterocycles. The van der Waals surface area contributed by atoms with Crippen LogP contribution in [-0.2, 0) is 22.6 Å². The van der Waals surface area contributed by atoms with Crippen molar-refractivity contribution in [3.8, 4) is 11.5 Å². The van der Waals surface area contributed by atoms with Crippen molar-refractivity contribution >= 4 is 17.9 Å². The summed E-state index contributed by atoms with van der Waals surface area (Å²) in [7, 11) is 0. The summed E-state index contributed by atoms with van der Waals surface area (Å²) in [5, 5.41) is 2.91. The highest BCUT2D eigenvalue weighted by atomic mass is 16.5. The van der Waals surface area contributed by atoms with Gasteiger partial charge in [0, 0.05) is 42.6 Å². The molecule has 7 nitrogen and oxygen atoms in total. The van der Waals surface area contributed by atoms with E-state index in [0.717, 1.165) is 34.8 Å². The summed E-state index contributed by atoms with van der Waals surface area (Å²) in [4.78, 5) is 26.9. The highest BCUT2D eigenvalue weighted by molar-refractivity contribution is 5.92. The Morgan fingerprint density at radius 1 is 1.28 bits per heavy atom. The molecular formula is C25H30N2O5. The van der Waals surface area contributed by atoms with E-state index in [0.29, 0.717) is 39.1 Å². The molecule has 1 unspecified atom stereocenters. The van der Waals surface area contributed by atoms with Crippen molar-refractivity contribution in [1.82, 2.24) is 10.2 Å². The number of carbonyl (C=O) groups is 2. The van der Waals surface area contributed by atoms with E-state index in [1.54, 1.807) is 29.4 Å². The molecule has 1 saturated heterocycles. The number of piperidine rings is 1. The van der Waals surface area contributed by atoms with Crippen LogP contribution in [0.5, 0.6) is 11.5 Å². The molecule has 32 heavy (non-hydrogen) atoms. The van der Waals surface area contributed by atoms with Crippen molar-refractivity contribution in [3.63, 3.8) is 0 Å². The fraction of sp³-hybridized carbons (Fsp3) is 0.440. The van der Waals surface area contributed by atoms with Gasteiger partial charge in [0.25, 0.3) is 0 Å². The number of hydrogen-bond acceptors (Lipinski definition) is 5. The summed E-state index contributed by atoms with van der Waals surface area (Å²) >= 11 is 0. The number of nitrogens with zero attached hydrogens (tertiary/aromatic N) is 1. The number of rotatable bonds is 7. The van der Waals surface area contributed by atoms with Gasteiger partial charge >= 0.3 is 0 Å². The van der Waals surface area contributed by atoms with Gasteiger partial charge in [0.15, 0.2) is 0 Å². The van der Waals surface area contributed by atoms with Gasteiger partial charge in [-0.25, -0.2) is 0 Å². The number of furan rings is 1. The summed E-state index contributed by atoms with van der Waals surface area (Å²) in [5.41, 5.74) is 1.97. The lowest BCUT2D eigenvalue weighted by Crippen LogP contribution is -2.42. The largest absolute Gasteiger partial charge is 0.493 e. The summed E-state index contributed by atoms with van der Waals surface area (Å²) < 4.78 is 16.9. The van der Waals surface area contributed by atoms with Crippen LogP contribution >= 0.6 is 0 Å². The summed E-state index contributed by atoms with van der Waals surface area (Å²) in [6.07, 6.45) is 7.28. The van der Waals surface area contributed by atoms with Crippen LogP contribution in [0.15, 0.2) is 41.0 Å². The molecule has 0 radical (unpaired) electrons. The Morgan fingerprint density at radius 2 is 2.09 bits per heavy atom. The summed E-state index contributed by atoms with van der Waals surface area (Å²) in [6, 6.07) is 7.59. The van der Waals surface area contributed by atoms with Gasteiger partial charge in [0.1, 0.15) is 23.4 Å². The van der Waals surface area contributed by atoms with Crippen LogP contribution in [0.3, 0.4) is 0 Å². The molecule has 1 N–H and O–H groups in total. The number of benzene rings is 1. The third-order valence-electron chi connectivity index (χ3n) is 5.93. The van der Waals surface area contributed by atoms with E-state index in [-0.39, 0.29) is 23.8 Å². The average molecular weight is 439 g/mol. The van der Waals surface area contributed by atoms with Crippen LogP contribution < -0.4 is 14.8 Å². The molecule has 1 aromatic heterocycles. The third-order valence-corrected chi connectivity index (χ3v) is 5.93. The number of fused-ring (bicyclic) bond motifs is 1. The Morgan fingerprint density at radius 3 is 2.81 bits per heavy atom. The minimum absolute atomic E-state index is 0.0118. The molecular weight excluding hydrogens is 408 g/mol. The van der Waals surface area contributed by atoms with Crippen molar-refractivity contribution in [2.75, 3.05) is 19.7 Å². The Labute approximate surface area is 188 Å². The number of nitrogens with one attached hydrogen (secondary N) is 1. The zero-order valence-electron chi connectivity index (χ0n) is 18.6. The number of amides is 2. The lowest BCUT2D eigenvalue weighted by atomic mass is 9.95. The standard InChI is InChI=1S/C25H30N2O5/c1-3-30-22-15-20-13-17(2)32-23(20)14-19(22)6-7-24(28)27-10-8-18(9-11-27)25(29)26-16-21-5-4-12-31-21/h4-7,12,14-15,17-18H,3,8-11,13,16H2,1-2H3,(H,26,29)/b7-6+. The zero-order valence-corrected chi connectivity index (χ0v) is 18.6. The Kier molecular flexibility index (Phi) is 6.83. The van der Waals surface area contributed by atoms with Crippen molar-refractivity contribution in [2.24, 2.45) is 5.92 Å². The summed E-state index contributed by atoms with van der Waals surface area (Å²) in [5.74, 6) is 2.22. The maximum atomic E-state index is 12.7. The van der Waals surface area contributed by atoms with Crippen molar-refractivity contribution < 1.29 is 23.5 Å². The maximum absolute atomic E-state index is 12.7. The predicted molar refractivity (Wildman–Crippen MR) is 120 cm³/mol. The van der Waals surface area contributed by atoms with Gasteiger partial charge in [0.2, 0.25) is 11.8 Å². The van der Waals surface area contributed by atoms with Gasteiger partial charge in [0.05, 0.1) is 19.4 Å². The molecule has 2 amide bonds. The quantitative estimate of drug-likeness (QED) is 0.669. The molecule has 2 aliphatic rings. The zero-order chi connectivity index (χ0) is 22.5. The predicted octanol–water partition coefficient (Wildman–Crippen LogP) is 3.57. The second-order valence-corrected chi connectivity index (χ2v) is 8.29. The van der Waals surface area contributed by atoms with E-state index in [4.69, 9.17) is 13.9 Å². The molecule has 0 spiro atoms. The Hall–Kier alpha value is -3.22. The van der Waals surface area contributed by atoms with E-state index in [1.807, 2.05) is 32.0 Å². The van der Waals surface area contributed by atoms with Gasteiger partial charge in [-0.3, -0.25) is 9.59 Å². The van der Waals surface area contributed by atoms with Crippen LogP contribution in [0.1, 0.15) is 43.6 Å². The van der Waals surface area contributed by atoms with Gasteiger partial charge < -0.3 is 24.1 Å². The normalized spacial score (nSPS) is 18.4. The van der Waals surface area contributed by atoms with Gasteiger partial charge in [-0.15, -0.1) is 0 Å². The van der Waals surface area contributed by atoms with Gasteiger partial charge in [-0.2, -0.15) is 0 Å². The molecule has 170 valence electrons. The lowest BCUT2D eigenvalue weighted by molar-refractivity contribution is -0.132. The monoisotopic (exact) mass is 438 g/mol. The van der Waals surface area contributed by atoms with E-state index >= 15 is 0 Å². The van der Waals surface area contributed by atoms with Crippen molar-refractivity contribution in [2.45, 2.75) is 45.8 Å². The minimum atomic E-state index is -0.0848. The fourth-order valence-corrected chi connectivity index (χ4v) is 4.23. The van der Waals surface area contributed by atoms with E-state index in [1.165, 1.54) is 0 Å². The van der Waals surface area contributed by atoms with E-state index in [2.05, 4.69) is 5.32 Å². The molecule has 2 aliphatic heterocycles. The van der Waals surface area contributed by atoms with Gasteiger partial charge in [-0.1, -0.05) is 0 Å². The van der Waals surface area contributed by atoms with E-state index < -0.39 is 0 Å². The second kappa shape index (κ2) is 9.94. The molecule has 0 aliphatic carbocycles. The first kappa shape index (κ1) is 22.0. The maximum Gasteiger partial charge on any atom is 0.246 e. The molecule has 4 rings (SSSR count). The Balaban J connectivity index is 1.32. The number of hydrogen-bond donors (Lipinski definition) is 1. The number of ether oxygens (including phenoxy) is 2. The molecule has 0 bridgehead atoms. The first-order valence-corrected chi connectivity index (χ1v) is 11.3. The molecule has 7 heteroatoms. The van der Waals surface area contributed by atoms with Crippen LogP contribution in [0.2, 0.25) is 0 Å². The third kappa shape index (κ3) is 5.15.